The number of Topliss-reactive ketones (excluding diaryl/α,β-unsaturated/α-hetero) is 1. The fourth-order valence-electron chi connectivity index (χ4n) is 5.58. The van der Waals surface area contributed by atoms with Crippen LogP contribution in [-0.4, -0.2) is 27.9 Å². The first-order valence-corrected chi connectivity index (χ1v) is 15.0. The number of fused-ring (bicyclic) bond motifs is 1. The third-order valence-corrected chi connectivity index (χ3v) is 7.97. The van der Waals surface area contributed by atoms with Gasteiger partial charge in [-0.2, -0.15) is 13.2 Å². The van der Waals surface area contributed by atoms with Crippen molar-refractivity contribution in [3.05, 3.63) is 112 Å². The highest BCUT2D eigenvalue weighted by atomic mass is 19.4. The number of halogens is 4. The summed E-state index contributed by atoms with van der Waals surface area (Å²) in [5.41, 5.74) is 7.70. The van der Waals surface area contributed by atoms with Gasteiger partial charge in [-0.3, -0.25) is 9.20 Å². The van der Waals surface area contributed by atoms with Crippen molar-refractivity contribution in [2.45, 2.75) is 59.6 Å². The molecule has 0 aliphatic carbocycles. The van der Waals surface area contributed by atoms with Crippen LogP contribution in [0.1, 0.15) is 58.4 Å². The molecule has 0 atom stereocenters. The maximum absolute atomic E-state index is 14.0. The zero-order chi connectivity index (χ0) is 32.3. The van der Waals surface area contributed by atoms with Gasteiger partial charge in [0.2, 0.25) is 0 Å². The van der Waals surface area contributed by atoms with Crippen LogP contribution < -0.4 is 10.1 Å². The molecule has 2 heterocycles. The zero-order valence-corrected chi connectivity index (χ0v) is 25.7. The van der Waals surface area contributed by atoms with Crippen molar-refractivity contribution in [1.82, 2.24) is 9.38 Å². The topological polar surface area (TPSA) is 55.6 Å². The van der Waals surface area contributed by atoms with E-state index in [1.807, 2.05) is 31.2 Å². The molecule has 3 aromatic carbocycles. The molecule has 5 aromatic rings. The van der Waals surface area contributed by atoms with E-state index in [4.69, 9.17) is 4.74 Å². The van der Waals surface area contributed by atoms with Crippen LogP contribution in [-0.2, 0) is 19.3 Å². The molecule has 0 bridgehead atoms. The van der Waals surface area contributed by atoms with E-state index in [2.05, 4.69) is 36.3 Å². The molecule has 0 saturated carbocycles. The molecule has 0 radical (unpaired) electrons. The van der Waals surface area contributed by atoms with E-state index < -0.39 is 18.4 Å². The Labute approximate surface area is 259 Å². The number of imidazole rings is 1. The monoisotopic (exact) mass is 617 g/mol. The van der Waals surface area contributed by atoms with Crippen LogP contribution in [0.5, 0.6) is 11.5 Å². The first-order valence-electron chi connectivity index (χ1n) is 15.0. The van der Waals surface area contributed by atoms with E-state index in [-0.39, 0.29) is 23.8 Å². The van der Waals surface area contributed by atoms with Crippen molar-refractivity contribution in [2.24, 2.45) is 0 Å². The average molecular weight is 618 g/mol. The summed E-state index contributed by atoms with van der Waals surface area (Å²) < 4.78 is 60.5. The van der Waals surface area contributed by atoms with Crippen LogP contribution in [0.25, 0.3) is 16.9 Å². The van der Waals surface area contributed by atoms with Gasteiger partial charge in [0.1, 0.15) is 17.3 Å². The molecular formula is C36H35F4N3O2. The highest BCUT2D eigenvalue weighted by molar-refractivity contribution is 5.99. The van der Waals surface area contributed by atoms with Crippen LogP contribution in [0, 0.1) is 19.7 Å². The molecule has 0 aliphatic heterocycles. The van der Waals surface area contributed by atoms with E-state index in [9.17, 15) is 22.4 Å². The van der Waals surface area contributed by atoms with Gasteiger partial charge < -0.3 is 10.1 Å². The van der Waals surface area contributed by atoms with Crippen molar-refractivity contribution in [1.29, 1.82) is 0 Å². The van der Waals surface area contributed by atoms with Crippen LogP contribution in [0.2, 0.25) is 0 Å². The van der Waals surface area contributed by atoms with Gasteiger partial charge in [0, 0.05) is 36.2 Å². The molecule has 234 valence electrons. The Morgan fingerprint density at radius 3 is 2.36 bits per heavy atom. The van der Waals surface area contributed by atoms with Gasteiger partial charge in [0.15, 0.2) is 11.4 Å². The molecule has 5 rings (SSSR count). The number of benzene rings is 3. The van der Waals surface area contributed by atoms with Crippen molar-refractivity contribution in [3.63, 3.8) is 0 Å². The van der Waals surface area contributed by atoms with Gasteiger partial charge in [-0.1, -0.05) is 50.2 Å². The predicted octanol–water partition coefficient (Wildman–Crippen LogP) is 9.46. The number of rotatable bonds is 11. The summed E-state index contributed by atoms with van der Waals surface area (Å²) in [6, 6.07) is 17.5. The first-order chi connectivity index (χ1) is 21.5. The fraction of sp³-hybridized carbons (Fsp3) is 0.278. The average Bonchev–Trinajstić information content (AvgIpc) is 3.42. The highest BCUT2D eigenvalue weighted by Crippen LogP contribution is 2.33. The molecule has 2 aromatic heterocycles. The Balaban J connectivity index is 1.51. The Bertz CT molecular complexity index is 1840. The van der Waals surface area contributed by atoms with Gasteiger partial charge in [-0.25, -0.2) is 9.37 Å². The predicted molar refractivity (Wildman–Crippen MR) is 169 cm³/mol. The maximum atomic E-state index is 14.0. The number of pyridine rings is 1. The summed E-state index contributed by atoms with van der Waals surface area (Å²) in [6.45, 7) is 7.48. The number of alkyl halides is 3. The Morgan fingerprint density at radius 2 is 1.69 bits per heavy atom. The van der Waals surface area contributed by atoms with Crippen molar-refractivity contribution in [2.75, 3.05) is 11.9 Å². The van der Waals surface area contributed by atoms with Crippen LogP contribution in [0.3, 0.4) is 0 Å². The zero-order valence-electron chi connectivity index (χ0n) is 25.7. The second-order valence-corrected chi connectivity index (χ2v) is 11.1. The van der Waals surface area contributed by atoms with Crippen molar-refractivity contribution >= 4 is 17.1 Å². The third-order valence-electron chi connectivity index (χ3n) is 7.97. The lowest BCUT2D eigenvalue weighted by molar-refractivity contribution is -0.131. The summed E-state index contributed by atoms with van der Waals surface area (Å²) in [4.78, 5) is 18.0. The van der Waals surface area contributed by atoms with Gasteiger partial charge in [-0.15, -0.1) is 0 Å². The minimum Gasteiger partial charge on any atom is -0.455 e. The summed E-state index contributed by atoms with van der Waals surface area (Å²) in [5.74, 6) is 0.129. The van der Waals surface area contributed by atoms with Gasteiger partial charge in [0.25, 0.3) is 0 Å². The number of carbonyl (C=O) groups is 1. The second kappa shape index (κ2) is 13.1. The molecular weight excluding hydrogens is 582 g/mol. The number of anilines is 1. The van der Waals surface area contributed by atoms with E-state index in [1.54, 1.807) is 35.9 Å². The first kappa shape index (κ1) is 31.8. The molecule has 0 unspecified atom stereocenters. The Kier molecular flexibility index (Phi) is 9.27. The number of hydrogen-bond acceptors (Lipinski definition) is 4. The molecule has 0 amide bonds. The largest absolute Gasteiger partial charge is 0.455 e. The van der Waals surface area contributed by atoms with E-state index in [0.29, 0.717) is 34.6 Å². The highest BCUT2D eigenvalue weighted by Gasteiger charge is 2.26. The third kappa shape index (κ3) is 7.19. The minimum atomic E-state index is -4.33. The van der Waals surface area contributed by atoms with Gasteiger partial charge in [-0.05, 0) is 66.6 Å². The smallest absolute Gasteiger partial charge is 0.390 e. The van der Waals surface area contributed by atoms with Gasteiger partial charge >= 0.3 is 6.18 Å². The molecule has 5 nitrogen and oxygen atoms in total. The standard InChI is InChI=1S/C36H35F4N3O2/c1-5-24-8-7-9-25(6-2)30(24)19-33(44)29-13-11-26(16-23(29)4)32-20-42-35-31(41-15-14-36(38,39)40)18-28(21-43(32)35)45-34-17-27(37)12-10-22(34)3/h7-13,16-18,20-21,41H,5-6,14-15,19H2,1-4H3. The molecule has 0 fully saturated rings. The summed E-state index contributed by atoms with van der Waals surface area (Å²) in [6.07, 6.45) is -0.0549. The summed E-state index contributed by atoms with van der Waals surface area (Å²) in [7, 11) is 0. The van der Waals surface area contributed by atoms with Crippen LogP contribution in [0.15, 0.2) is 73.1 Å². The molecule has 45 heavy (non-hydrogen) atoms. The van der Waals surface area contributed by atoms with Gasteiger partial charge in [0.05, 0.1) is 30.2 Å². The molecule has 0 spiro atoms. The molecule has 9 heteroatoms. The SMILES string of the molecule is CCc1cccc(CC)c1CC(=O)c1ccc(-c2cnc3c(NCCC(F)(F)F)cc(Oc4cc(F)ccc4C)cn23)cc1C. The molecule has 0 aliphatic rings. The summed E-state index contributed by atoms with van der Waals surface area (Å²) in [5, 5.41) is 2.84. The molecule has 0 saturated heterocycles. The number of hydrogen-bond donors (Lipinski definition) is 1. The second-order valence-electron chi connectivity index (χ2n) is 11.1. The van der Waals surface area contributed by atoms with E-state index in [1.165, 1.54) is 23.3 Å². The number of nitrogens with zero attached hydrogens (tertiary/aromatic N) is 2. The number of ketones is 1. The maximum Gasteiger partial charge on any atom is 0.390 e. The number of nitrogens with one attached hydrogen (secondary N) is 1. The number of aromatic nitrogens is 2. The fourth-order valence-corrected chi connectivity index (χ4v) is 5.58. The normalized spacial score (nSPS) is 11.6. The lowest BCUT2D eigenvalue weighted by atomic mass is 9.90. The van der Waals surface area contributed by atoms with Crippen molar-refractivity contribution in [3.8, 4) is 22.8 Å². The van der Waals surface area contributed by atoms with Crippen LogP contribution in [0.4, 0.5) is 23.2 Å². The lowest BCUT2D eigenvalue weighted by Crippen LogP contribution is -2.15. The number of carbonyl (C=O) groups excluding carboxylic acids is 1. The van der Waals surface area contributed by atoms with Crippen LogP contribution >= 0.6 is 0 Å². The Morgan fingerprint density at radius 1 is 0.956 bits per heavy atom. The van der Waals surface area contributed by atoms with E-state index in [0.717, 1.165) is 29.5 Å². The van der Waals surface area contributed by atoms with Crippen molar-refractivity contribution < 1.29 is 27.1 Å². The molecule has 1 N–H and O–H groups in total. The lowest BCUT2D eigenvalue weighted by Gasteiger charge is -2.15. The minimum absolute atomic E-state index is 0.0325. The number of aryl methyl sites for hydroxylation is 4. The van der Waals surface area contributed by atoms with E-state index >= 15 is 0 Å². The Hall–Kier alpha value is -4.66. The quantitative estimate of drug-likeness (QED) is 0.119. The summed E-state index contributed by atoms with van der Waals surface area (Å²) >= 11 is 0. The number of ether oxygens (including phenoxy) is 1.